The van der Waals surface area contributed by atoms with Crippen LogP contribution in [-0.2, 0) is 13.1 Å². The molecular weight excluding hydrogens is 474 g/mol. The molecule has 3 aromatic carbocycles. The quantitative estimate of drug-likeness (QED) is 0.219. The van der Waals surface area contributed by atoms with Gasteiger partial charge in [-0.1, -0.05) is 97.4 Å². The summed E-state index contributed by atoms with van der Waals surface area (Å²) in [5.41, 5.74) is 5.74. The smallest absolute Gasteiger partial charge is 0.270 e. The number of rotatable bonds is 12. The molecule has 4 nitrogen and oxygen atoms in total. The zero-order valence-electron chi connectivity index (χ0n) is 22.1. The topological polar surface area (TPSA) is 45.2 Å². The number of nitrogens with zero attached hydrogens (tertiary/aromatic N) is 2. The minimum Gasteiger partial charge on any atom is -0.348 e. The molecule has 0 saturated heterocycles. The minimum absolute atomic E-state index is 0.0878. The number of benzene rings is 3. The number of amides is 1. The van der Waals surface area contributed by atoms with Crippen molar-refractivity contribution in [2.45, 2.75) is 58.7 Å². The highest BCUT2D eigenvalue weighted by molar-refractivity contribution is 7.09. The van der Waals surface area contributed by atoms with Gasteiger partial charge in [-0.3, -0.25) is 9.69 Å². The summed E-state index contributed by atoms with van der Waals surface area (Å²) in [5.74, 6) is 0.228. The molecule has 4 rings (SSSR count). The lowest BCUT2D eigenvalue weighted by molar-refractivity contribution is 0.0934. The van der Waals surface area contributed by atoms with Gasteiger partial charge in [0.05, 0.1) is 6.54 Å². The van der Waals surface area contributed by atoms with E-state index in [-0.39, 0.29) is 11.9 Å². The van der Waals surface area contributed by atoms with E-state index in [9.17, 15) is 4.79 Å². The summed E-state index contributed by atoms with van der Waals surface area (Å²) in [5, 5.41) is 5.88. The predicted molar refractivity (Wildman–Crippen MR) is 154 cm³/mol. The molecule has 5 heteroatoms. The third kappa shape index (κ3) is 7.85. The molecule has 192 valence electrons. The Bertz CT molecular complexity index is 1200. The van der Waals surface area contributed by atoms with Gasteiger partial charge < -0.3 is 5.32 Å². The Balaban J connectivity index is 1.52. The number of thiazole rings is 1. The second-order valence-electron chi connectivity index (χ2n) is 9.77. The predicted octanol–water partition coefficient (Wildman–Crippen LogP) is 7.20. The first kappa shape index (κ1) is 26.8. The standard InChI is InChI=1S/C32H37N3OS/c1-4-25(3)33-32(36)30-23-37-31(34-30)22-35(21-26-17-15-24(2)16-18-26)20-19-29(27-11-7-5-8-12-27)28-13-9-6-10-14-28/h5-18,23,25,29H,4,19-22H2,1-3H3,(H,33,36)/t25-/m1/s1. The van der Waals surface area contributed by atoms with Gasteiger partial charge in [0.1, 0.15) is 10.7 Å². The average molecular weight is 512 g/mol. The highest BCUT2D eigenvalue weighted by Gasteiger charge is 2.19. The second-order valence-corrected chi connectivity index (χ2v) is 10.7. The number of nitrogens with one attached hydrogen (secondary N) is 1. The Morgan fingerprint density at radius 1 is 0.919 bits per heavy atom. The SMILES string of the molecule is CC[C@@H](C)NC(=O)c1csc(CN(CCC(c2ccccc2)c2ccccc2)Cc2ccc(C)cc2)n1. The van der Waals surface area contributed by atoms with Crippen molar-refractivity contribution >= 4 is 17.2 Å². The second kappa shape index (κ2) is 13.3. The van der Waals surface area contributed by atoms with Gasteiger partial charge >= 0.3 is 0 Å². The first-order chi connectivity index (χ1) is 18.0. The van der Waals surface area contributed by atoms with Crippen LogP contribution in [0.5, 0.6) is 0 Å². The van der Waals surface area contributed by atoms with Crippen molar-refractivity contribution in [2.75, 3.05) is 6.54 Å². The zero-order chi connectivity index (χ0) is 26.0. The average Bonchev–Trinajstić information content (AvgIpc) is 3.40. The molecular formula is C32H37N3OS. The fourth-order valence-electron chi connectivity index (χ4n) is 4.45. The summed E-state index contributed by atoms with van der Waals surface area (Å²) in [7, 11) is 0. The molecule has 0 aliphatic carbocycles. The van der Waals surface area contributed by atoms with Gasteiger partial charge in [0.25, 0.3) is 5.91 Å². The van der Waals surface area contributed by atoms with Crippen molar-refractivity contribution in [3.63, 3.8) is 0 Å². The highest BCUT2D eigenvalue weighted by atomic mass is 32.1. The minimum atomic E-state index is -0.0878. The van der Waals surface area contributed by atoms with Crippen molar-refractivity contribution in [1.82, 2.24) is 15.2 Å². The summed E-state index contributed by atoms with van der Waals surface area (Å²) in [6, 6.07) is 30.5. The molecule has 0 radical (unpaired) electrons. The van der Waals surface area contributed by atoms with Crippen molar-refractivity contribution in [1.29, 1.82) is 0 Å². The van der Waals surface area contributed by atoms with Gasteiger partial charge in [0.2, 0.25) is 0 Å². The maximum atomic E-state index is 12.6. The van der Waals surface area contributed by atoms with Crippen LogP contribution >= 0.6 is 11.3 Å². The molecule has 1 atom stereocenters. The Kier molecular flexibility index (Phi) is 9.64. The van der Waals surface area contributed by atoms with Crippen LogP contribution < -0.4 is 5.32 Å². The first-order valence-corrected chi connectivity index (χ1v) is 14.0. The molecule has 1 amide bonds. The Morgan fingerprint density at radius 3 is 2.14 bits per heavy atom. The van der Waals surface area contributed by atoms with E-state index in [2.05, 4.69) is 109 Å². The molecule has 1 N–H and O–H groups in total. The zero-order valence-corrected chi connectivity index (χ0v) is 22.9. The monoisotopic (exact) mass is 511 g/mol. The Labute approximate surface area is 225 Å². The molecule has 0 unspecified atom stereocenters. The Hall–Kier alpha value is -3.28. The summed E-state index contributed by atoms with van der Waals surface area (Å²) in [6.45, 7) is 8.67. The molecule has 0 spiro atoms. The van der Waals surface area contributed by atoms with Gasteiger partial charge in [0, 0.05) is 23.9 Å². The van der Waals surface area contributed by atoms with E-state index in [4.69, 9.17) is 4.98 Å². The van der Waals surface area contributed by atoms with E-state index in [1.54, 1.807) is 11.3 Å². The van der Waals surface area contributed by atoms with Gasteiger partial charge in [-0.25, -0.2) is 4.98 Å². The number of carbonyl (C=O) groups excluding carboxylic acids is 1. The number of aromatic nitrogens is 1. The van der Waals surface area contributed by atoms with E-state index in [0.29, 0.717) is 18.2 Å². The van der Waals surface area contributed by atoms with E-state index in [0.717, 1.165) is 30.9 Å². The normalized spacial score (nSPS) is 12.1. The van der Waals surface area contributed by atoms with E-state index >= 15 is 0 Å². The van der Waals surface area contributed by atoms with Crippen LogP contribution in [0.1, 0.15) is 70.4 Å². The van der Waals surface area contributed by atoms with Gasteiger partial charge in [-0.05, 0) is 49.9 Å². The van der Waals surface area contributed by atoms with Crippen LogP contribution in [0.3, 0.4) is 0 Å². The summed E-state index contributed by atoms with van der Waals surface area (Å²) < 4.78 is 0. The van der Waals surface area contributed by atoms with Crippen molar-refractivity contribution in [3.05, 3.63) is 123 Å². The highest BCUT2D eigenvalue weighted by Crippen LogP contribution is 2.29. The molecule has 1 aromatic heterocycles. The lowest BCUT2D eigenvalue weighted by atomic mass is 9.88. The molecule has 37 heavy (non-hydrogen) atoms. The third-order valence-electron chi connectivity index (χ3n) is 6.80. The first-order valence-electron chi connectivity index (χ1n) is 13.1. The van der Waals surface area contributed by atoms with E-state index in [1.165, 1.54) is 22.3 Å². The number of hydrogen-bond donors (Lipinski definition) is 1. The van der Waals surface area contributed by atoms with Crippen molar-refractivity contribution in [2.24, 2.45) is 0 Å². The van der Waals surface area contributed by atoms with Crippen LogP contribution in [0, 0.1) is 6.92 Å². The van der Waals surface area contributed by atoms with Crippen molar-refractivity contribution < 1.29 is 4.79 Å². The van der Waals surface area contributed by atoms with Crippen LogP contribution in [0.25, 0.3) is 0 Å². The summed E-state index contributed by atoms with van der Waals surface area (Å²) in [6.07, 6.45) is 1.89. The van der Waals surface area contributed by atoms with Gasteiger partial charge in [-0.2, -0.15) is 0 Å². The molecule has 4 aromatic rings. The molecule has 1 heterocycles. The lowest BCUT2D eigenvalue weighted by Gasteiger charge is -2.25. The van der Waals surface area contributed by atoms with Crippen LogP contribution in [-0.4, -0.2) is 28.4 Å². The summed E-state index contributed by atoms with van der Waals surface area (Å²) >= 11 is 1.57. The number of hydrogen-bond acceptors (Lipinski definition) is 4. The maximum Gasteiger partial charge on any atom is 0.270 e. The Morgan fingerprint density at radius 2 is 1.54 bits per heavy atom. The third-order valence-corrected chi connectivity index (χ3v) is 7.63. The number of carbonyl (C=O) groups is 1. The number of aryl methyl sites for hydroxylation is 1. The van der Waals surface area contributed by atoms with Crippen molar-refractivity contribution in [3.8, 4) is 0 Å². The summed E-state index contributed by atoms with van der Waals surface area (Å²) in [4.78, 5) is 19.7. The lowest BCUT2D eigenvalue weighted by Crippen LogP contribution is -2.32. The fraction of sp³-hybridized carbons (Fsp3) is 0.312. The largest absolute Gasteiger partial charge is 0.348 e. The fourth-order valence-corrected chi connectivity index (χ4v) is 5.27. The van der Waals surface area contributed by atoms with Crippen LogP contribution in [0.2, 0.25) is 0 Å². The van der Waals surface area contributed by atoms with Gasteiger partial charge in [-0.15, -0.1) is 11.3 Å². The molecule has 0 aliphatic heterocycles. The molecule has 0 fully saturated rings. The molecule has 0 aliphatic rings. The van der Waals surface area contributed by atoms with Crippen LogP contribution in [0.15, 0.2) is 90.3 Å². The van der Waals surface area contributed by atoms with Gasteiger partial charge in [0.15, 0.2) is 0 Å². The molecule has 0 saturated carbocycles. The van der Waals surface area contributed by atoms with E-state index in [1.807, 2.05) is 12.3 Å². The van der Waals surface area contributed by atoms with Crippen LogP contribution in [0.4, 0.5) is 0 Å². The maximum absolute atomic E-state index is 12.6. The molecule has 0 bridgehead atoms. The van der Waals surface area contributed by atoms with E-state index < -0.39 is 0 Å².